The summed E-state index contributed by atoms with van der Waals surface area (Å²) in [5, 5.41) is 11.9. The molecule has 0 aliphatic rings. The van der Waals surface area contributed by atoms with E-state index in [1.165, 1.54) is 4.90 Å². The Labute approximate surface area is 96.1 Å². The average molecular weight is 225 g/mol. The number of thioether (sulfide) groups is 1. The highest BCUT2D eigenvalue weighted by Crippen LogP contribution is 2.15. The van der Waals surface area contributed by atoms with Crippen molar-refractivity contribution >= 4 is 11.8 Å². The molecule has 3 heteroatoms. The van der Waals surface area contributed by atoms with E-state index in [-0.39, 0.29) is 0 Å². The molecule has 0 amide bonds. The zero-order valence-corrected chi connectivity index (χ0v) is 9.80. The van der Waals surface area contributed by atoms with Gasteiger partial charge in [-0.2, -0.15) is 0 Å². The second-order valence-corrected chi connectivity index (χ2v) is 4.51. The van der Waals surface area contributed by atoms with Crippen LogP contribution < -0.4 is 5.32 Å². The van der Waals surface area contributed by atoms with Gasteiger partial charge in [-0.25, -0.2) is 0 Å². The van der Waals surface area contributed by atoms with E-state index in [2.05, 4.69) is 29.6 Å². The summed E-state index contributed by atoms with van der Waals surface area (Å²) in [5.41, 5.74) is 0. The lowest BCUT2D eigenvalue weighted by Crippen LogP contribution is -2.18. The molecule has 84 valence electrons. The minimum atomic E-state index is 0.306. The molecule has 0 aliphatic carbocycles. The van der Waals surface area contributed by atoms with Crippen LogP contribution in [0.5, 0.6) is 0 Å². The fourth-order valence-electron chi connectivity index (χ4n) is 1.24. The normalized spacial score (nSPS) is 10.5. The van der Waals surface area contributed by atoms with Gasteiger partial charge in [0.05, 0.1) is 0 Å². The lowest BCUT2D eigenvalue weighted by molar-refractivity contribution is 0.284. The maximum atomic E-state index is 8.59. The molecular formula is C12H19NOS. The summed E-state index contributed by atoms with van der Waals surface area (Å²) in [4.78, 5) is 1.33. The molecule has 15 heavy (non-hydrogen) atoms. The molecule has 0 atom stereocenters. The third kappa shape index (κ3) is 6.55. The summed E-state index contributed by atoms with van der Waals surface area (Å²) in [6.45, 7) is 2.35. The first kappa shape index (κ1) is 12.6. The summed E-state index contributed by atoms with van der Waals surface area (Å²) in [6, 6.07) is 10.4. The molecule has 0 radical (unpaired) electrons. The first-order valence-corrected chi connectivity index (χ1v) is 6.41. The SMILES string of the molecule is OCCCCNCCSc1ccccc1. The minimum absolute atomic E-state index is 0.306. The number of benzene rings is 1. The van der Waals surface area contributed by atoms with Crippen LogP contribution in [0.15, 0.2) is 35.2 Å². The Morgan fingerprint density at radius 3 is 2.60 bits per heavy atom. The van der Waals surface area contributed by atoms with Crippen LogP contribution in [-0.4, -0.2) is 30.6 Å². The molecule has 0 unspecified atom stereocenters. The second-order valence-electron chi connectivity index (χ2n) is 3.34. The van der Waals surface area contributed by atoms with Crippen molar-refractivity contribution in [3.63, 3.8) is 0 Å². The Hall–Kier alpha value is -0.510. The Morgan fingerprint density at radius 2 is 1.87 bits per heavy atom. The number of hydrogen-bond donors (Lipinski definition) is 2. The number of aliphatic hydroxyl groups excluding tert-OH is 1. The third-order valence-electron chi connectivity index (χ3n) is 2.05. The van der Waals surface area contributed by atoms with Crippen LogP contribution in [0, 0.1) is 0 Å². The number of rotatable bonds is 8. The molecular weight excluding hydrogens is 206 g/mol. The van der Waals surface area contributed by atoms with Crippen molar-refractivity contribution in [2.45, 2.75) is 17.7 Å². The number of nitrogens with one attached hydrogen (secondary N) is 1. The molecule has 1 rings (SSSR count). The van der Waals surface area contributed by atoms with E-state index >= 15 is 0 Å². The molecule has 2 nitrogen and oxygen atoms in total. The van der Waals surface area contributed by atoms with Gasteiger partial charge in [0, 0.05) is 23.8 Å². The van der Waals surface area contributed by atoms with E-state index in [0.717, 1.165) is 31.7 Å². The zero-order chi connectivity index (χ0) is 10.8. The topological polar surface area (TPSA) is 32.3 Å². The maximum absolute atomic E-state index is 8.59. The molecule has 0 spiro atoms. The smallest absolute Gasteiger partial charge is 0.0431 e. The molecule has 0 fully saturated rings. The molecule has 0 aromatic heterocycles. The Balaban J connectivity index is 1.93. The number of hydrogen-bond acceptors (Lipinski definition) is 3. The standard InChI is InChI=1S/C12H19NOS/c14-10-5-4-8-13-9-11-15-12-6-2-1-3-7-12/h1-3,6-7,13-14H,4-5,8-11H2. The molecule has 0 heterocycles. The van der Waals surface area contributed by atoms with Gasteiger partial charge >= 0.3 is 0 Å². The van der Waals surface area contributed by atoms with E-state index in [4.69, 9.17) is 5.11 Å². The zero-order valence-electron chi connectivity index (χ0n) is 8.98. The van der Waals surface area contributed by atoms with E-state index in [1.807, 2.05) is 17.8 Å². The van der Waals surface area contributed by atoms with Crippen LogP contribution >= 0.6 is 11.8 Å². The predicted octanol–water partition coefficient (Wildman–Crippen LogP) is 2.14. The van der Waals surface area contributed by atoms with Crippen molar-refractivity contribution < 1.29 is 5.11 Å². The highest BCUT2D eigenvalue weighted by atomic mass is 32.2. The Kier molecular flexibility index (Phi) is 7.34. The number of unbranched alkanes of at least 4 members (excludes halogenated alkanes) is 1. The Bertz CT molecular complexity index is 241. The number of aliphatic hydroxyl groups is 1. The lowest BCUT2D eigenvalue weighted by Gasteiger charge is -2.03. The predicted molar refractivity (Wildman–Crippen MR) is 66.4 cm³/mol. The van der Waals surface area contributed by atoms with Gasteiger partial charge in [-0.15, -0.1) is 11.8 Å². The molecule has 2 N–H and O–H groups in total. The van der Waals surface area contributed by atoms with E-state index in [0.29, 0.717) is 6.61 Å². The average Bonchev–Trinajstić information content (AvgIpc) is 2.29. The first-order valence-electron chi connectivity index (χ1n) is 5.43. The van der Waals surface area contributed by atoms with Gasteiger partial charge in [-0.1, -0.05) is 18.2 Å². The fraction of sp³-hybridized carbons (Fsp3) is 0.500. The van der Waals surface area contributed by atoms with Crippen molar-refractivity contribution in [2.75, 3.05) is 25.4 Å². The summed E-state index contributed by atoms with van der Waals surface area (Å²) >= 11 is 1.87. The van der Waals surface area contributed by atoms with Gasteiger partial charge in [-0.05, 0) is 31.5 Å². The largest absolute Gasteiger partial charge is 0.396 e. The molecule has 0 saturated heterocycles. The van der Waals surface area contributed by atoms with Crippen LogP contribution in [0.1, 0.15) is 12.8 Å². The highest BCUT2D eigenvalue weighted by Gasteiger charge is 1.92. The van der Waals surface area contributed by atoms with Gasteiger partial charge in [0.2, 0.25) is 0 Å². The summed E-state index contributed by atoms with van der Waals surface area (Å²) in [5.74, 6) is 1.10. The highest BCUT2D eigenvalue weighted by molar-refractivity contribution is 7.99. The van der Waals surface area contributed by atoms with E-state index < -0.39 is 0 Å². The summed E-state index contributed by atoms with van der Waals surface area (Å²) in [7, 11) is 0. The monoisotopic (exact) mass is 225 g/mol. The van der Waals surface area contributed by atoms with Crippen LogP contribution in [0.25, 0.3) is 0 Å². The third-order valence-corrected chi connectivity index (χ3v) is 3.07. The van der Waals surface area contributed by atoms with Crippen molar-refractivity contribution in [1.29, 1.82) is 0 Å². The first-order chi connectivity index (χ1) is 7.43. The van der Waals surface area contributed by atoms with Gasteiger partial charge < -0.3 is 10.4 Å². The molecule has 1 aromatic carbocycles. The summed E-state index contributed by atoms with van der Waals surface area (Å²) in [6.07, 6.45) is 1.96. The molecule has 0 aliphatic heterocycles. The maximum Gasteiger partial charge on any atom is 0.0431 e. The molecule has 0 bridgehead atoms. The van der Waals surface area contributed by atoms with Gasteiger partial charge in [0.1, 0.15) is 0 Å². The fourth-order valence-corrected chi connectivity index (χ4v) is 2.08. The van der Waals surface area contributed by atoms with E-state index in [1.54, 1.807) is 0 Å². The van der Waals surface area contributed by atoms with Crippen LogP contribution in [0.2, 0.25) is 0 Å². The van der Waals surface area contributed by atoms with Crippen LogP contribution in [0.3, 0.4) is 0 Å². The molecule has 1 aromatic rings. The van der Waals surface area contributed by atoms with E-state index in [9.17, 15) is 0 Å². The van der Waals surface area contributed by atoms with Crippen LogP contribution in [0.4, 0.5) is 0 Å². The van der Waals surface area contributed by atoms with Crippen molar-refractivity contribution in [2.24, 2.45) is 0 Å². The van der Waals surface area contributed by atoms with Crippen LogP contribution in [-0.2, 0) is 0 Å². The van der Waals surface area contributed by atoms with Gasteiger partial charge in [0.25, 0.3) is 0 Å². The second kappa shape index (κ2) is 8.77. The van der Waals surface area contributed by atoms with Crippen molar-refractivity contribution in [1.82, 2.24) is 5.32 Å². The van der Waals surface area contributed by atoms with Gasteiger partial charge in [0.15, 0.2) is 0 Å². The lowest BCUT2D eigenvalue weighted by atomic mass is 10.3. The quantitative estimate of drug-likeness (QED) is 0.525. The van der Waals surface area contributed by atoms with Crippen molar-refractivity contribution in [3.8, 4) is 0 Å². The Morgan fingerprint density at radius 1 is 1.07 bits per heavy atom. The minimum Gasteiger partial charge on any atom is -0.396 e. The molecule has 0 saturated carbocycles. The van der Waals surface area contributed by atoms with Crippen molar-refractivity contribution in [3.05, 3.63) is 30.3 Å². The summed E-state index contributed by atoms with van der Waals surface area (Å²) < 4.78 is 0. The van der Waals surface area contributed by atoms with Gasteiger partial charge in [-0.3, -0.25) is 0 Å².